The van der Waals surface area contributed by atoms with Crippen LogP contribution in [0.15, 0.2) is 24.3 Å². The highest BCUT2D eigenvalue weighted by Gasteiger charge is 2.26. The van der Waals surface area contributed by atoms with Gasteiger partial charge in [0.2, 0.25) is 0 Å². The van der Waals surface area contributed by atoms with Gasteiger partial charge in [-0.3, -0.25) is 0 Å². The molecule has 2 unspecified atom stereocenters. The first kappa shape index (κ1) is 13.8. The topological polar surface area (TPSA) is 67.6 Å². The number of hydrogen-bond acceptors (Lipinski definition) is 3. The SMILES string of the molecule is CC(N)C1CN(C(=O)Nc2ccc(F)cc2)CCO1. The molecule has 19 heavy (non-hydrogen) atoms. The van der Waals surface area contributed by atoms with Crippen LogP contribution in [0.1, 0.15) is 6.92 Å². The zero-order valence-corrected chi connectivity index (χ0v) is 10.8. The van der Waals surface area contributed by atoms with E-state index in [1.165, 1.54) is 24.3 Å². The van der Waals surface area contributed by atoms with Crippen molar-refractivity contribution in [2.24, 2.45) is 5.73 Å². The van der Waals surface area contributed by atoms with Gasteiger partial charge in [0.1, 0.15) is 5.82 Å². The lowest BCUT2D eigenvalue weighted by atomic mass is 10.1. The van der Waals surface area contributed by atoms with Crippen LogP contribution in [0.2, 0.25) is 0 Å². The predicted molar refractivity (Wildman–Crippen MR) is 70.4 cm³/mol. The van der Waals surface area contributed by atoms with Crippen LogP contribution >= 0.6 is 0 Å². The molecule has 1 aliphatic heterocycles. The zero-order valence-electron chi connectivity index (χ0n) is 10.8. The third kappa shape index (κ3) is 3.65. The number of nitrogens with one attached hydrogen (secondary N) is 1. The van der Waals surface area contributed by atoms with Gasteiger partial charge in [-0.05, 0) is 31.2 Å². The first-order valence-corrected chi connectivity index (χ1v) is 6.25. The van der Waals surface area contributed by atoms with Crippen molar-refractivity contribution in [3.05, 3.63) is 30.1 Å². The van der Waals surface area contributed by atoms with Crippen LogP contribution in [0.4, 0.5) is 14.9 Å². The fourth-order valence-corrected chi connectivity index (χ4v) is 1.91. The number of nitrogens with zero attached hydrogens (tertiary/aromatic N) is 1. The van der Waals surface area contributed by atoms with Crippen molar-refractivity contribution in [3.63, 3.8) is 0 Å². The number of benzene rings is 1. The standard InChI is InChI=1S/C13H18FN3O2/c1-9(15)12-8-17(6-7-19-12)13(18)16-11-4-2-10(14)3-5-11/h2-5,9,12H,6-8,15H2,1H3,(H,16,18). The molecule has 0 saturated carbocycles. The number of nitrogens with two attached hydrogens (primary N) is 1. The van der Waals surface area contributed by atoms with Gasteiger partial charge < -0.3 is 20.7 Å². The van der Waals surface area contributed by atoms with E-state index in [4.69, 9.17) is 10.5 Å². The largest absolute Gasteiger partial charge is 0.373 e. The van der Waals surface area contributed by atoms with E-state index in [0.717, 1.165) is 0 Å². The molecule has 0 spiro atoms. The predicted octanol–water partition coefficient (Wildman–Crippen LogP) is 1.41. The monoisotopic (exact) mass is 267 g/mol. The number of carbonyl (C=O) groups excluding carboxylic acids is 1. The second-order valence-electron chi connectivity index (χ2n) is 4.65. The van der Waals surface area contributed by atoms with Crippen LogP contribution in [0, 0.1) is 5.82 Å². The Hall–Kier alpha value is -1.66. The first-order chi connectivity index (χ1) is 9.06. The first-order valence-electron chi connectivity index (χ1n) is 6.25. The van der Waals surface area contributed by atoms with E-state index in [0.29, 0.717) is 25.4 Å². The van der Waals surface area contributed by atoms with Crippen LogP contribution < -0.4 is 11.1 Å². The second kappa shape index (κ2) is 5.99. The number of amides is 2. The minimum atomic E-state index is -0.332. The molecule has 1 aliphatic rings. The van der Waals surface area contributed by atoms with Crippen molar-refractivity contribution in [1.29, 1.82) is 0 Å². The summed E-state index contributed by atoms with van der Waals surface area (Å²) in [5.74, 6) is -0.332. The Kier molecular flexibility index (Phi) is 4.34. The molecule has 1 aromatic rings. The molecule has 2 amide bonds. The number of carbonyl (C=O) groups is 1. The van der Waals surface area contributed by atoms with Gasteiger partial charge in [-0.1, -0.05) is 0 Å². The van der Waals surface area contributed by atoms with Crippen molar-refractivity contribution < 1.29 is 13.9 Å². The number of ether oxygens (including phenoxy) is 1. The number of hydrogen-bond donors (Lipinski definition) is 2. The quantitative estimate of drug-likeness (QED) is 0.851. The highest BCUT2D eigenvalue weighted by Crippen LogP contribution is 2.12. The molecule has 1 heterocycles. The summed E-state index contributed by atoms with van der Waals surface area (Å²) in [5, 5.41) is 2.72. The fourth-order valence-electron chi connectivity index (χ4n) is 1.91. The summed E-state index contributed by atoms with van der Waals surface area (Å²) in [7, 11) is 0. The molecule has 104 valence electrons. The van der Waals surface area contributed by atoms with Gasteiger partial charge in [-0.2, -0.15) is 0 Å². The van der Waals surface area contributed by atoms with Crippen molar-refractivity contribution in [2.75, 3.05) is 25.0 Å². The van der Waals surface area contributed by atoms with Gasteiger partial charge in [0.15, 0.2) is 0 Å². The van der Waals surface area contributed by atoms with E-state index in [9.17, 15) is 9.18 Å². The van der Waals surface area contributed by atoms with Crippen LogP contribution in [0.25, 0.3) is 0 Å². The molecule has 1 fully saturated rings. The number of morpholine rings is 1. The molecule has 0 aliphatic carbocycles. The Bertz CT molecular complexity index is 436. The summed E-state index contributed by atoms with van der Waals surface area (Å²) < 4.78 is 18.3. The van der Waals surface area contributed by atoms with Gasteiger partial charge in [-0.25, -0.2) is 9.18 Å². The van der Waals surface area contributed by atoms with Gasteiger partial charge >= 0.3 is 6.03 Å². The Morgan fingerprint density at radius 3 is 2.84 bits per heavy atom. The number of urea groups is 1. The molecular formula is C13H18FN3O2. The van der Waals surface area contributed by atoms with E-state index >= 15 is 0 Å². The molecule has 2 atom stereocenters. The second-order valence-corrected chi connectivity index (χ2v) is 4.65. The highest BCUT2D eigenvalue weighted by atomic mass is 19.1. The Balaban J connectivity index is 1.94. The maximum absolute atomic E-state index is 12.8. The average Bonchev–Trinajstić information content (AvgIpc) is 2.41. The number of anilines is 1. The Morgan fingerprint density at radius 2 is 2.21 bits per heavy atom. The minimum Gasteiger partial charge on any atom is -0.373 e. The van der Waals surface area contributed by atoms with Crippen LogP contribution in [0.3, 0.4) is 0 Å². The van der Waals surface area contributed by atoms with Gasteiger partial charge in [-0.15, -0.1) is 0 Å². The summed E-state index contributed by atoms with van der Waals surface area (Å²) >= 11 is 0. The summed E-state index contributed by atoms with van der Waals surface area (Å²) in [6, 6.07) is 5.31. The Morgan fingerprint density at radius 1 is 1.53 bits per heavy atom. The lowest BCUT2D eigenvalue weighted by Gasteiger charge is -2.34. The maximum atomic E-state index is 12.8. The van der Waals surface area contributed by atoms with E-state index in [1.54, 1.807) is 4.90 Å². The van der Waals surface area contributed by atoms with Gasteiger partial charge in [0.25, 0.3) is 0 Å². The number of halogens is 1. The molecule has 0 bridgehead atoms. The molecule has 1 aromatic carbocycles. The van der Waals surface area contributed by atoms with Crippen LogP contribution in [-0.2, 0) is 4.74 Å². The van der Waals surface area contributed by atoms with Crippen molar-refractivity contribution in [1.82, 2.24) is 4.90 Å². The van der Waals surface area contributed by atoms with E-state index < -0.39 is 0 Å². The highest BCUT2D eigenvalue weighted by molar-refractivity contribution is 5.89. The summed E-state index contributed by atoms with van der Waals surface area (Å²) in [6.45, 7) is 3.32. The van der Waals surface area contributed by atoms with Crippen molar-refractivity contribution in [2.45, 2.75) is 19.1 Å². The minimum absolute atomic E-state index is 0.124. The molecular weight excluding hydrogens is 249 g/mol. The molecule has 5 nitrogen and oxygen atoms in total. The lowest BCUT2D eigenvalue weighted by Crippen LogP contribution is -2.52. The molecule has 1 saturated heterocycles. The van der Waals surface area contributed by atoms with Crippen molar-refractivity contribution in [3.8, 4) is 0 Å². The lowest BCUT2D eigenvalue weighted by molar-refractivity contribution is -0.0220. The normalized spacial score (nSPS) is 21.0. The zero-order chi connectivity index (χ0) is 13.8. The van der Waals surface area contributed by atoms with Gasteiger partial charge in [0.05, 0.1) is 19.3 Å². The summed E-state index contributed by atoms with van der Waals surface area (Å²) in [4.78, 5) is 13.7. The number of rotatable bonds is 2. The van der Waals surface area contributed by atoms with Crippen molar-refractivity contribution >= 4 is 11.7 Å². The van der Waals surface area contributed by atoms with E-state index in [-0.39, 0.29) is 24.0 Å². The fraction of sp³-hybridized carbons (Fsp3) is 0.462. The third-order valence-electron chi connectivity index (χ3n) is 3.06. The molecule has 2 rings (SSSR count). The van der Waals surface area contributed by atoms with Crippen LogP contribution in [-0.4, -0.2) is 42.8 Å². The van der Waals surface area contributed by atoms with Gasteiger partial charge in [0, 0.05) is 18.3 Å². The molecule has 3 N–H and O–H groups in total. The Labute approximate surface area is 111 Å². The smallest absolute Gasteiger partial charge is 0.322 e. The summed E-state index contributed by atoms with van der Waals surface area (Å²) in [6.07, 6.45) is -0.146. The van der Waals surface area contributed by atoms with E-state index in [2.05, 4.69) is 5.32 Å². The summed E-state index contributed by atoms with van der Waals surface area (Å²) in [5.41, 5.74) is 6.34. The van der Waals surface area contributed by atoms with Crippen LogP contribution in [0.5, 0.6) is 0 Å². The third-order valence-corrected chi connectivity index (χ3v) is 3.06. The van der Waals surface area contributed by atoms with E-state index in [1.807, 2.05) is 6.92 Å². The molecule has 6 heteroatoms. The average molecular weight is 267 g/mol. The maximum Gasteiger partial charge on any atom is 0.322 e. The molecule has 0 aromatic heterocycles. The molecule has 0 radical (unpaired) electrons.